The highest BCUT2D eigenvalue weighted by molar-refractivity contribution is 9.10. The predicted octanol–water partition coefficient (Wildman–Crippen LogP) is 6.37. The minimum Gasteiger partial charge on any atom is -0.403 e. The van der Waals surface area contributed by atoms with Crippen LogP contribution in [0.25, 0.3) is 10.9 Å². The minimum atomic E-state index is -0.527. The van der Waals surface area contributed by atoms with E-state index in [1.165, 1.54) is 11.8 Å². The van der Waals surface area contributed by atoms with Crippen LogP contribution >= 0.6 is 39.3 Å². The standard InChI is InChI=1S/C23H31BBrClFN3O3S/c1-6-34-21-28-19-17(15(25)12-16(26)18(19)27)20(29-21)30-10-7-11-31-13-14(30)8-9-24-32-22(2,3)23(4,5)33-24/h12,14H,6-11,13H2,1-5H3/t14-/m0/s1. The topological polar surface area (TPSA) is 56.7 Å². The van der Waals surface area contributed by atoms with Gasteiger partial charge in [-0.1, -0.05) is 30.3 Å². The lowest BCUT2D eigenvalue weighted by Gasteiger charge is -2.32. The molecule has 0 bridgehead atoms. The molecule has 11 heteroatoms. The highest BCUT2D eigenvalue weighted by Crippen LogP contribution is 2.40. The highest BCUT2D eigenvalue weighted by Gasteiger charge is 2.50. The van der Waals surface area contributed by atoms with Crippen molar-refractivity contribution in [2.24, 2.45) is 0 Å². The number of ether oxygens (including phenoxy) is 1. The van der Waals surface area contributed by atoms with Gasteiger partial charge in [-0.15, -0.1) is 0 Å². The molecule has 6 nitrogen and oxygen atoms in total. The van der Waals surface area contributed by atoms with E-state index >= 15 is 4.39 Å². The van der Waals surface area contributed by atoms with Crippen LogP contribution in [0.2, 0.25) is 11.3 Å². The van der Waals surface area contributed by atoms with Gasteiger partial charge in [0, 0.05) is 17.6 Å². The highest BCUT2D eigenvalue weighted by atomic mass is 79.9. The van der Waals surface area contributed by atoms with Gasteiger partial charge in [-0.05, 0) is 74.6 Å². The monoisotopic (exact) mass is 573 g/mol. The van der Waals surface area contributed by atoms with Crippen molar-refractivity contribution in [2.75, 3.05) is 30.4 Å². The van der Waals surface area contributed by atoms with Crippen LogP contribution in [0.4, 0.5) is 10.2 Å². The Labute approximate surface area is 218 Å². The largest absolute Gasteiger partial charge is 0.457 e. The van der Waals surface area contributed by atoms with Crippen molar-refractivity contribution in [2.45, 2.75) is 76.2 Å². The van der Waals surface area contributed by atoms with Gasteiger partial charge in [0.2, 0.25) is 0 Å². The lowest BCUT2D eigenvalue weighted by molar-refractivity contribution is 0.00578. The molecule has 4 rings (SSSR count). The number of fused-ring (bicyclic) bond motifs is 1. The number of thioether (sulfide) groups is 1. The van der Waals surface area contributed by atoms with E-state index in [1.54, 1.807) is 6.07 Å². The van der Waals surface area contributed by atoms with Crippen molar-refractivity contribution in [3.63, 3.8) is 0 Å². The molecule has 2 fully saturated rings. The van der Waals surface area contributed by atoms with Crippen molar-refractivity contribution in [1.82, 2.24) is 9.97 Å². The van der Waals surface area contributed by atoms with Gasteiger partial charge in [0.15, 0.2) is 11.0 Å². The van der Waals surface area contributed by atoms with Crippen molar-refractivity contribution in [1.29, 1.82) is 0 Å². The zero-order valence-corrected chi connectivity index (χ0v) is 23.4. The Morgan fingerprint density at radius 1 is 1.26 bits per heavy atom. The maximum absolute atomic E-state index is 15.1. The third-order valence-electron chi connectivity index (χ3n) is 6.80. The number of anilines is 1. The van der Waals surface area contributed by atoms with Gasteiger partial charge in [0.25, 0.3) is 0 Å². The predicted molar refractivity (Wildman–Crippen MR) is 141 cm³/mol. The molecule has 0 amide bonds. The third-order valence-corrected chi connectivity index (χ3v) is 8.43. The summed E-state index contributed by atoms with van der Waals surface area (Å²) in [6.07, 6.45) is 2.35. The fourth-order valence-electron chi connectivity index (χ4n) is 4.33. The maximum Gasteiger partial charge on any atom is 0.457 e. The van der Waals surface area contributed by atoms with Crippen molar-refractivity contribution in [3.8, 4) is 0 Å². The van der Waals surface area contributed by atoms with Gasteiger partial charge >= 0.3 is 7.12 Å². The number of halogens is 3. The SMILES string of the molecule is CCSc1nc(N2CCCOC[C@@H]2CCB2OC(C)(C)C(C)(C)O2)c2c(Br)cc(Cl)c(F)c2n1. The number of hydrogen-bond donors (Lipinski definition) is 0. The number of benzene rings is 1. The first-order chi connectivity index (χ1) is 16.0. The molecule has 186 valence electrons. The van der Waals surface area contributed by atoms with Gasteiger partial charge in [-0.3, -0.25) is 0 Å². The summed E-state index contributed by atoms with van der Waals surface area (Å²) in [6.45, 7) is 12.2. The second-order valence-electron chi connectivity index (χ2n) is 9.68. The zero-order valence-electron chi connectivity index (χ0n) is 20.3. The van der Waals surface area contributed by atoms with Gasteiger partial charge in [-0.25, -0.2) is 14.4 Å². The molecule has 0 aliphatic carbocycles. The summed E-state index contributed by atoms with van der Waals surface area (Å²) in [5.41, 5.74) is -0.502. The smallest absolute Gasteiger partial charge is 0.403 e. The molecule has 1 atom stereocenters. The molecule has 0 saturated carbocycles. The van der Waals surface area contributed by atoms with Crippen LogP contribution in [-0.2, 0) is 14.0 Å². The molecule has 0 N–H and O–H groups in total. The summed E-state index contributed by atoms with van der Waals surface area (Å²) in [5.74, 6) is 0.956. The van der Waals surface area contributed by atoms with Crippen molar-refractivity contribution < 1.29 is 18.4 Å². The Morgan fingerprint density at radius 2 is 1.97 bits per heavy atom. The molecule has 3 heterocycles. The number of hydrogen-bond acceptors (Lipinski definition) is 7. The van der Waals surface area contributed by atoms with Crippen LogP contribution < -0.4 is 4.90 Å². The molecule has 2 saturated heterocycles. The Bertz CT molecular complexity index is 1050. The molecule has 2 aromatic rings. The first-order valence-corrected chi connectivity index (χ1v) is 13.9. The molecule has 0 radical (unpaired) electrons. The van der Waals surface area contributed by atoms with E-state index in [1.807, 2.05) is 6.92 Å². The summed E-state index contributed by atoms with van der Waals surface area (Å²) in [7, 11) is -0.286. The quantitative estimate of drug-likeness (QED) is 0.172. The van der Waals surface area contributed by atoms with E-state index in [9.17, 15) is 0 Å². The lowest BCUT2D eigenvalue weighted by Crippen LogP contribution is -2.41. The molecule has 1 aromatic carbocycles. The second kappa shape index (κ2) is 10.4. The fraction of sp³-hybridized carbons (Fsp3) is 0.652. The Morgan fingerprint density at radius 3 is 2.65 bits per heavy atom. The van der Waals surface area contributed by atoms with Crippen LogP contribution in [0, 0.1) is 5.82 Å². The Hall–Kier alpha value is -0.645. The second-order valence-corrected chi connectivity index (χ2v) is 12.2. The fourth-order valence-corrected chi connectivity index (χ4v) is 5.82. The molecular formula is C23H31BBrClFN3O3S. The normalized spacial score (nSPS) is 22.4. The lowest BCUT2D eigenvalue weighted by atomic mass is 9.81. The summed E-state index contributed by atoms with van der Waals surface area (Å²) in [4.78, 5) is 11.6. The van der Waals surface area contributed by atoms with E-state index in [0.29, 0.717) is 34.0 Å². The van der Waals surface area contributed by atoms with Gasteiger partial charge in [-0.2, -0.15) is 0 Å². The van der Waals surface area contributed by atoms with Crippen LogP contribution in [0.3, 0.4) is 0 Å². The average molecular weight is 575 g/mol. The summed E-state index contributed by atoms with van der Waals surface area (Å²) < 4.78 is 34.1. The first-order valence-electron chi connectivity index (χ1n) is 11.7. The van der Waals surface area contributed by atoms with Crippen molar-refractivity contribution >= 4 is 63.1 Å². The number of rotatable bonds is 6. The van der Waals surface area contributed by atoms with Gasteiger partial charge in [0.05, 0.1) is 34.3 Å². The van der Waals surface area contributed by atoms with Crippen LogP contribution in [-0.4, -0.2) is 59.8 Å². The summed E-state index contributed by atoms with van der Waals surface area (Å²) >= 11 is 11.2. The molecule has 2 aliphatic rings. The van der Waals surface area contributed by atoms with E-state index < -0.39 is 5.82 Å². The number of aromatic nitrogens is 2. The third kappa shape index (κ3) is 5.23. The maximum atomic E-state index is 15.1. The van der Waals surface area contributed by atoms with Crippen molar-refractivity contribution in [3.05, 3.63) is 21.4 Å². The molecular weight excluding hydrogens is 544 g/mol. The van der Waals surface area contributed by atoms with Crippen LogP contribution in [0.5, 0.6) is 0 Å². The van der Waals surface area contributed by atoms with E-state index in [0.717, 1.165) is 31.5 Å². The molecule has 2 aliphatic heterocycles. The van der Waals surface area contributed by atoms with Gasteiger partial charge in [0.1, 0.15) is 11.3 Å². The Kier molecular flexibility index (Phi) is 8.07. The van der Waals surface area contributed by atoms with Crippen LogP contribution in [0.1, 0.15) is 47.5 Å². The summed E-state index contributed by atoms with van der Waals surface area (Å²) in [5, 5.41) is 1.20. The van der Waals surface area contributed by atoms with Gasteiger partial charge < -0.3 is 18.9 Å². The van der Waals surface area contributed by atoms with Crippen LogP contribution in [0.15, 0.2) is 15.7 Å². The van der Waals surface area contributed by atoms with E-state index in [4.69, 9.17) is 30.6 Å². The molecule has 0 spiro atoms. The summed E-state index contributed by atoms with van der Waals surface area (Å²) in [6, 6.07) is 1.61. The molecule has 1 aromatic heterocycles. The molecule has 34 heavy (non-hydrogen) atoms. The zero-order chi connectivity index (χ0) is 24.7. The Balaban J connectivity index is 1.69. The first kappa shape index (κ1) is 26.4. The molecule has 0 unspecified atom stereocenters. The van der Waals surface area contributed by atoms with E-state index in [2.05, 4.69) is 53.5 Å². The number of nitrogens with zero attached hydrogens (tertiary/aromatic N) is 3. The average Bonchev–Trinajstić information content (AvgIpc) is 2.90. The van der Waals surface area contributed by atoms with E-state index in [-0.39, 0.29) is 34.9 Å². The minimum absolute atomic E-state index is 0.0322.